The molecule has 0 aromatic heterocycles. The summed E-state index contributed by atoms with van der Waals surface area (Å²) < 4.78 is 10.2. The fourth-order valence-electron chi connectivity index (χ4n) is 1.62. The molecule has 0 spiro atoms. The minimum Gasteiger partial charge on any atom is -0.463 e. The average molecular weight is 299 g/mol. The molecule has 0 aliphatic carbocycles. The lowest BCUT2D eigenvalue weighted by Gasteiger charge is -2.23. The van der Waals surface area contributed by atoms with Crippen LogP contribution in [0.5, 0.6) is 0 Å². The molecular weight excluding hydrogens is 280 g/mol. The van der Waals surface area contributed by atoms with Crippen LogP contribution in [0.1, 0.15) is 32.3 Å². The highest BCUT2D eigenvalue weighted by Gasteiger charge is 2.46. The van der Waals surface area contributed by atoms with E-state index in [9.17, 15) is 9.59 Å². The van der Waals surface area contributed by atoms with E-state index in [1.165, 1.54) is 0 Å². The van der Waals surface area contributed by atoms with Crippen molar-refractivity contribution in [2.75, 3.05) is 6.61 Å². The van der Waals surface area contributed by atoms with E-state index >= 15 is 0 Å². The molecule has 1 aromatic carbocycles. The lowest BCUT2D eigenvalue weighted by Crippen LogP contribution is -2.45. The largest absolute Gasteiger partial charge is 0.463 e. The molecule has 0 saturated heterocycles. The van der Waals surface area contributed by atoms with Crippen LogP contribution >= 0.6 is 11.6 Å². The minimum absolute atomic E-state index is 0.0681. The minimum atomic E-state index is -2.05. The second-order valence-corrected chi connectivity index (χ2v) is 4.80. The highest BCUT2D eigenvalue weighted by molar-refractivity contribution is 6.44. The third-order valence-corrected chi connectivity index (χ3v) is 3.13. The fraction of sp³-hybridized carbons (Fsp3) is 0.467. The lowest BCUT2D eigenvalue weighted by molar-refractivity contribution is -0.167. The number of carbonyl (C=O) groups excluding carboxylic acids is 2. The third-order valence-electron chi connectivity index (χ3n) is 2.65. The molecule has 0 heterocycles. The van der Waals surface area contributed by atoms with Crippen LogP contribution in [0.2, 0.25) is 0 Å². The van der Waals surface area contributed by atoms with Crippen LogP contribution in [-0.2, 0) is 25.7 Å². The number of rotatable bonds is 8. The Morgan fingerprint density at radius 2 is 1.85 bits per heavy atom. The van der Waals surface area contributed by atoms with Gasteiger partial charge in [-0.25, -0.2) is 4.79 Å². The summed E-state index contributed by atoms with van der Waals surface area (Å²) >= 11 is 6.10. The van der Waals surface area contributed by atoms with E-state index in [0.29, 0.717) is 6.42 Å². The van der Waals surface area contributed by atoms with Gasteiger partial charge in [-0.3, -0.25) is 4.79 Å². The van der Waals surface area contributed by atoms with E-state index < -0.39 is 16.8 Å². The molecule has 0 radical (unpaired) electrons. The van der Waals surface area contributed by atoms with Crippen molar-refractivity contribution in [3.63, 3.8) is 0 Å². The van der Waals surface area contributed by atoms with Crippen molar-refractivity contribution in [2.24, 2.45) is 0 Å². The fourth-order valence-corrected chi connectivity index (χ4v) is 1.83. The highest BCUT2D eigenvalue weighted by Crippen LogP contribution is 2.25. The summed E-state index contributed by atoms with van der Waals surface area (Å²) in [6, 6.07) is 9.20. The Morgan fingerprint density at radius 1 is 1.20 bits per heavy atom. The Bertz CT molecular complexity index is 426. The first-order valence-corrected chi connectivity index (χ1v) is 6.99. The number of esters is 1. The zero-order valence-electron chi connectivity index (χ0n) is 11.7. The normalized spacial score (nSPS) is 13.6. The van der Waals surface area contributed by atoms with Crippen molar-refractivity contribution in [3.05, 3.63) is 35.9 Å². The first kappa shape index (κ1) is 16.7. The summed E-state index contributed by atoms with van der Waals surface area (Å²) in [4.78, 5) is 23.9. The van der Waals surface area contributed by atoms with Gasteiger partial charge in [0, 0.05) is 6.42 Å². The molecule has 110 valence electrons. The molecular formula is C15H19ClO4. The quantitative estimate of drug-likeness (QED) is 0.420. The van der Waals surface area contributed by atoms with Gasteiger partial charge in [0.15, 0.2) is 5.78 Å². The van der Waals surface area contributed by atoms with E-state index in [0.717, 1.165) is 5.56 Å². The Labute approximate surface area is 124 Å². The van der Waals surface area contributed by atoms with E-state index in [1.807, 2.05) is 37.3 Å². The second kappa shape index (κ2) is 8.02. The molecule has 0 fully saturated rings. The van der Waals surface area contributed by atoms with Gasteiger partial charge in [0.2, 0.25) is 0 Å². The van der Waals surface area contributed by atoms with Gasteiger partial charge in [-0.15, -0.1) is 0 Å². The molecule has 1 aromatic rings. The molecule has 0 bridgehead atoms. The maximum Gasteiger partial charge on any atom is 0.362 e. The van der Waals surface area contributed by atoms with Gasteiger partial charge in [0.25, 0.3) is 5.06 Å². The number of hydrogen-bond acceptors (Lipinski definition) is 4. The van der Waals surface area contributed by atoms with Crippen LogP contribution in [0.3, 0.4) is 0 Å². The second-order valence-electron chi connectivity index (χ2n) is 4.26. The number of halogens is 1. The monoisotopic (exact) mass is 298 g/mol. The SMILES string of the molecule is CCCC(=O)C(Cl)(OCc1ccccc1)C(=O)OCC. The number of hydrogen-bond donors (Lipinski definition) is 0. The summed E-state index contributed by atoms with van der Waals surface area (Å²) in [6.07, 6.45) is 0.749. The van der Waals surface area contributed by atoms with Crippen LogP contribution < -0.4 is 0 Å². The molecule has 20 heavy (non-hydrogen) atoms. The van der Waals surface area contributed by atoms with Crippen molar-refractivity contribution >= 4 is 23.4 Å². The van der Waals surface area contributed by atoms with Crippen LogP contribution in [0, 0.1) is 0 Å². The van der Waals surface area contributed by atoms with Gasteiger partial charge in [-0.05, 0) is 18.9 Å². The van der Waals surface area contributed by atoms with Crippen molar-refractivity contribution in [1.29, 1.82) is 0 Å². The zero-order chi connectivity index (χ0) is 15.0. The van der Waals surface area contributed by atoms with Crippen molar-refractivity contribution in [3.8, 4) is 0 Å². The summed E-state index contributed by atoms with van der Waals surface area (Å²) in [7, 11) is 0. The summed E-state index contributed by atoms with van der Waals surface area (Å²) in [5, 5.41) is -2.05. The smallest absolute Gasteiger partial charge is 0.362 e. The number of alkyl halides is 1. The van der Waals surface area contributed by atoms with Crippen molar-refractivity contribution < 1.29 is 19.1 Å². The van der Waals surface area contributed by atoms with Crippen molar-refractivity contribution in [1.82, 2.24) is 0 Å². The first-order valence-electron chi connectivity index (χ1n) is 6.61. The summed E-state index contributed by atoms with van der Waals surface area (Å²) in [5.74, 6) is -1.33. The maximum absolute atomic E-state index is 12.0. The molecule has 4 nitrogen and oxygen atoms in total. The summed E-state index contributed by atoms with van der Waals surface area (Å²) in [6.45, 7) is 3.69. The lowest BCUT2D eigenvalue weighted by atomic mass is 10.1. The Kier molecular flexibility index (Phi) is 6.68. The van der Waals surface area contributed by atoms with E-state index in [4.69, 9.17) is 21.1 Å². The summed E-state index contributed by atoms with van der Waals surface area (Å²) in [5.41, 5.74) is 0.825. The molecule has 1 unspecified atom stereocenters. The Morgan fingerprint density at radius 3 is 2.40 bits per heavy atom. The van der Waals surface area contributed by atoms with Gasteiger partial charge in [-0.2, -0.15) is 0 Å². The molecule has 0 saturated carbocycles. The van der Waals surface area contributed by atoms with Gasteiger partial charge >= 0.3 is 5.97 Å². The number of carbonyl (C=O) groups is 2. The molecule has 1 atom stereocenters. The van der Waals surface area contributed by atoms with E-state index in [2.05, 4.69) is 0 Å². The predicted molar refractivity (Wildman–Crippen MR) is 76.4 cm³/mol. The number of ketones is 1. The molecule has 0 amide bonds. The van der Waals surface area contributed by atoms with Gasteiger partial charge in [-0.1, -0.05) is 48.9 Å². The standard InChI is InChI=1S/C15H19ClO4/c1-3-8-13(17)15(16,14(18)19-4-2)20-11-12-9-6-5-7-10-12/h5-7,9-10H,3-4,8,11H2,1-2H3. The third kappa shape index (κ3) is 4.32. The van der Waals surface area contributed by atoms with Crippen LogP contribution in [0.15, 0.2) is 30.3 Å². The average Bonchev–Trinajstić information content (AvgIpc) is 2.46. The zero-order valence-corrected chi connectivity index (χ0v) is 12.5. The highest BCUT2D eigenvalue weighted by atomic mass is 35.5. The van der Waals surface area contributed by atoms with E-state index in [-0.39, 0.29) is 19.6 Å². The molecule has 0 aliphatic rings. The van der Waals surface area contributed by atoms with Crippen LogP contribution in [-0.4, -0.2) is 23.4 Å². The van der Waals surface area contributed by atoms with Crippen LogP contribution in [0.4, 0.5) is 0 Å². The number of benzene rings is 1. The molecule has 0 N–H and O–H groups in total. The predicted octanol–water partition coefficient (Wildman–Crippen LogP) is 3.07. The topological polar surface area (TPSA) is 52.6 Å². The molecule has 0 aliphatic heterocycles. The Balaban J connectivity index is 2.82. The van der Waals surface area contributed by atoms with E-state index in [1.54, 1.807) is 6.92 Å². The maximum atomic E-state index is 12.0. The van der Waals surface area contributed by atoms with Gasteiger partial charge in [0.05, 0.1) is 13.2 Å². The number of Topliss-reactive ketones (excluding diaryl/α,β-unsaturated/α-hetero) is 1. The molecule has 1 rings (SSSR count). The number of ether oxygens (including phenoxy) is 2. The Hall–Kier alpha value is -1.39. The molecule has 5 heteroatoms. The first-order chi connectivity index (χ1) is 9.54. The van der Waals surface area contributed by atoms with Gasteiger partial charge in [0.1, 0.15) is 0 Å². The van der Waals surface area contributed by atoms with Crippen molar-refractivity contribution in [2.45, 2.75) is 38.4 Å². The van der Waals surface area contributed by atoms with Crippen LogP contribution in [0.25, 0.3) is 0 Å². The van der Waals surface area contributed by atoms with Gasteiger partial charge < -0.3 is 9.47 Å².